The van der Waals surface area contributed by atoms with Gasteiger partial charge in [-0.05, 0) is 69.7 Å². The Bertz CT molecular complexity index is 989. The number of nitrogens with two attached hydrogens (primary N) is 1. The Morgan fingerprint density at radius 3 is 2.63 bits per heavy atom. The molecule has 0 aliphatic heterocycles. The van der Waals surface area contributed by atoms with E-state index < -0.39 is 0 Å². The minimum atomic E-state index is -0.208. The van der Waals surface area contributed by atoms with Crippen LogP contribution in [0, 0.1) is 13.8 Å². The Labute approximate surface area is 164 Å². The number of halogens is 1. The number of nitrogens with zero attached hydrogens (tertiary/aromatic N) is 2. The van der Waals surface area contributed by atoms with Crippen molar-refractivity contribution in [1.82, 2.24) is 8.87 Å². The van der Waals surface area contributed by atoms with Gasteiger partial charge in [0.05, 0.1) is 6.54 Å². The van der Waals surface area contributed by atoms with Crippen molar-refractivity contribution in [1.29, 1.82) is 0 Å². The summed E-state index contributed by atoms with van der Waals surface area (Å²) in [5, 5.41) is 1.14. The van der Waals surface area contributed by atoms with Crippen LogP contribution < -0.4 is 5.73 Å². The zero-order valence-electron chi connectivity index (χ0n) is 16.3. The van der Waals surface area contributed by atoms with Gasteiger partial charge in [-0.3, -0.25) is 4.31 Å². The highest BCUT2D eigenvalue weighted by molar-refractivity contribution is 7.97. The summed E-state index contributed by atoms with van der Waals surface area (Å²) in [6, 6.07) is 14.8. The summed E-state index contributed by atoms with van der Waals surface area (Å²) in [4.78, 5) is 1.16. The highest BCUT2D eigenvalue weighted by Gasteiger charge is 2.17. The third-order valence-corrected chi connectivity index (χ3v) is 5.37. The van der Waals surface area contributed by atoms with Crippen molar-refractivity contribution in [3.63, 3.8) is 0 Å². The van der Waals surface area contributed by atoms with E-state index in [-0.39, 0.29) is 18.9 Å². The molecule has 0 atom stereocenters. The SMILES string of the molecule is Cc1cccc(-c2c(C)n(C/C(F)=C/CN)c3ccc(SN(C)C)cc23)c1. The van der Waals surface area contributed by atoms with Crippen molar-refractivity contribution in [3.8, 4) is 11.1 Å². The third kappa shape index (κ3) is 4.26. The second-order valence-corrected chi connectivity index (χ2v) is 8.27. The first kappa shape index (κ1) is 19.7. The molecule has 0 saturated carbocycles. The van der Waals surface area contributed by atoms with Crippen LogP contribution in [0.25, 0.3) is 22.0 Å². The topological polar surface area (TPSA) is 34.2 Å². The Balaban J connectivity index is 2.24. The van der Waals surface area contributed by atoms with E-state index in [1.807, 2.05) is 18.7 Å². The number of allylic oxidation sites excluding steroid dienone is 1. The number of aromatic nitrogens is 1. The van der Waals surface area contributed by atoms with Gasteiger partial charge in [-0.2, -0.15) is 0 Å². The van der Waals surface area contributed by atoms with E-state index in [2.05, 4.69) is 60.6 Å². The first-order valence-electron chi connectivity index (χ1n) is 9.00. The molecular weight excluding hydrogens is 357 g/mol. The fourth-order valence-corrected chi connectivity index (χ4v) is 4.16. The molecule has 0 fully saturated rings. The Hall–Kier alpha value is -2.08. The second-order valence-electron chi connectivity index (χ2n) is 6.89. The predicted octanol–water partition coefficient (Wildman–Crippen LogP) is 5.31. The van der Waals surface area contributed by atoms with Gasteiger partial charge in [0.15, 0.2) is 0 Å². The van der Waals surface area contributed by atoms with Crippen LogP contribution in [0.1, 0.15) is 11.3 Å². The summed E-state index contributed by atoms with van der Waals surface area (Å²) in [5.74, 6) is -0.208. The molecule has 0 spiro atoms. The second kappa shape index (κ2) is 8.30. The van der Waals surface area contributed by atoms with Gasteiger partial charge in [0.1, 0.15) is 5.83 Å². The zero-order valence-corrected chi connectivity index (χ0v) is 17.1. The largest absolute Gasteiger partial charge is 0.337 e. The number of hydrogen-bond donors (Lipinski definition) is 1. The lowest BCUT2D eigenvalue weighted by Crippen LogP contribution is -2.03. The van der Waals surface area contributed by atoms with Crippen LogP contribution in [-0.2, 0) is 6.54 Å². The Morgan fingerprint density at radius 1 is 1.19 bits per heavy atom. The fourth-order valence-electron chi connectivity index (χ4n) is 3.44. The van der Waals surface area contributed by atoms with Crippen molar-refractivity contribution in [3.05, 3.63) is 65.6 Å². The van der Waals surface area contributed by atoms with Crippen LogP contribution in [0.15, 0.2) is 59.3 Å². The van der Waals surface area contributed by atoms with E-state index in [4.69, 9.17) is 5.73 Å². The first-order valence-corrected chi connectivity index (χ1v) is 9.78. The molecule has 3 aromatic rings. The van der Waals surface area contributed by atoms with Crippen LogP contribution in [0.2, 0.25) is 0 Å². The van der Waals surface area contributed by atoms with Gasteiger partial charge in [0.2, 0.25) is 0 Å². The van der Waals surface area contributed by atoms with E-state index in [0.29, 0.717) is 0 Å². The van der Waals surface area contributed by atoms with Gasteiger partial charge >= 0.3 is 0 Å². The van der Waals surface area contributed by atoms with Crippen LogP contribution in [0.3, 0.4) is 0 Å². The Kier molecular flexibility index (Phi) is 6.05. The van der Waals surface area contributed by atoms with Crippen molar-refractivity contribution in [2.45, 2.75) is 25.3 Å². The molecule has 0 aliphatic carbocycles. The molecule has 2 aromatic carbocycles. The molecule has 0 unspecified atom stereocenters. The summed E-state index contributed by atoms with van der Waals surface area (Å²) in [6.07, 6.45) is 1.44. The van der Waals surface area contributed by atoms with E-state index in [9.17, 15) is 4.39 Å². The molecule has 1 heterocycles. The number of rotatable bonds is 6. The van der Waals surface area contributed by atoms with E-state index >= 15 is 0 Å². The molecule has 0 saturated heterocycles. The van der Waals surface area contributed by atoms with Gasteiger partial charge in [-0.15, -0.1) is 0 Å². The van der Waals surface area contributed by atoms with Crippen molar-refractivity contribution in [2.75, 3.05) is 20.6 Å². The summed E-state index contributed by atoms with van der Waals surface area (Å²) >= 11 is 1.68. The molecule has 0 bridgehead atoms. The van der Waals surface area contributed by atoms with Crippen LogP contribution >= 0.6 is 11.9 Å². The normalized spacial score (nSPS) is 12.3. The van der Waals surface area contributed by atoms with Crippen molar-refractivity contribution < 1.29 is 4.39 Å². The minimum Gasteiger partial charge on any atom is -0.337 e. The molecule has 0 aliphatic rings. The maximum atomic E-state index is 14.3. The third-order valence-electron chi connectivity index (χ3n) is 4.54. The van der Waals surface area contributed by atoms with Gasteiger partial charge in [0.25, 0.3) is 0 Å². The van der Waals surface area contributed by atoms with Crippen LogP contribution in [0.4, 0.5) is 4.39 Å². The smallest absolute Gasteiger partial charge is 0.117 e. The van der Waals surface area contributed by atoms with Gasteiger partial charge in [-0.25, -0.2) is 4.39 Å². The lowest BCUT2D eigenvalue weighted by molar-refractivity contribution is 0.555. The van der Waals surface area contributed by atoms with Crippen molar-refractivity contribution >= 4 is 22.9 Å². The zero-order chi connectivity index (χ0) is 19.6. The molecule has 2 N–H and O–H groups in total. The molecule has 27 heavy (non-hydrogen) atoms. The van der Waals surface area contributed by atoms with Gasteiger partial charge < -0.3 is 10.3 Å². The highest BCUT2D eigenvalue weighted by Crippen LogP contribution is 2.37. The van der Waals surface area contributed by atoms with E-state index in [0.717, 1.165) is 32.6 Å². The van der Waals surface area contributed by atoms with Crippen LogP contribution in [-0.4, -0.2) is 29.5 Å². The number of benzene rings is 2. The summed E-state index contributed by atoms with van der Waals surface area (Å²) in [5.41, 5.74) is 11.1. The lowest BCUT2D eigenvalue weighted by atomic mass is 10.0. The molecule has 142 valence electrons. The monoisotopic (exact) mass is 383 g/mol. The molecule has 3 rings (SSSR count). The van der Waals surface area contributed by atoms with E-state index in [1.54, 1.807) is 11.9 Å². The van der Waals surface area contributed by atoms with Crippen LogP contribution in [0.5, 0.6) is 0 Å². The average molecular weight is 384 g/mol. The average Bonchev–Trinajstić information content (AvgIpc) is 2.86. The summed E-state index contributed by atoms with van der Waals surface area (Å²) in [7, 11) is 4.06. The molecule has 5 heteroatoms. The number of aryl methyl sites for hydroxylation is 1. The molecule has 0 amide bonds. The highest BCUT2D eigenvalue weighted by atomic mass is 32.2. The summed E-state index contributed by atoms with van der Waals surface area (Å²) < 4.78 is 18.4. The number of fused-ring (bicyclic) bond motifs is 1. The number of hydrogen-bond acceptors (Lipinski definition) is 3. The predicted molar refractivity (Wildman–Crippen MR) is 115 cm³/mol. The first-order chi connectivity index (χ1) is 12.9. The van der Waals surface area contributed by atoms with E-state index in [1.165, 1.54) is 11.6 Å². The molecule has 1 aromatic heterocycles. The fraction of sp³-hybridized carbons (Fsp3) is 0.273. The van der Waals surface area contributed by atoms with Gasteiger partial charge in [-0.1, -0.05) is 29.8 Å². The van der Waals surface area contributed by atoms with Gasteiger partial charge in [0, 0.05) is 33.6 Å². The lowest BCUT2D eigenvalue weighted by Gasteiger charge is -2.09. The quantitative estimate of drug-likeness (QED) is 0.586. The maximum Gasteiger partial charge on any atom is 0.117 e. The Morgan fingerprint density at radius 2 is 1.96 bits per heavy atom. The molecule has 3 nitrogen and oxygen atoms in total. The minimum absolute atomic E-state index is 0.200. The maximum absolute atomic E-state index is 14.3. The standard InChI is InChI=1S/C22H26FN3S/c1-15-6-5-7-17(12-15)22-16(2)26(14-18(23)10-11-24)21-9-8-19(13-20(21)22)27-25(3)4/h5-10,12-13H,11,14,24H2,1-4H3/b18-10-. The van der Waals surface area contributed by atoms with Crippen molar-refractivity contribution in [2.24, 2.45) is 5.73 Å². The molecular formula is C22H26FN3S. The summed E-state index contributed by atoms with van der Waals surface area (Å²) in [6.45, 7) is 4.56. The molecule has 0 radical (unpaired) electrons.